The van der Waals surface area contributed by atoms with Crippen molar-refractivity contribution in [3.63, 3.8) is 0 Å². The molecule has 0 aromatic carbocycles. The lowest BCUT2D eigenvalue weighted by atomic mass is 9.89. The minimum atomic E-state index is 0.0460. The second-order valence-electron chi connectivity index (χ2n) is 10.7. The number of ether oxygens (including phenoxy) is 1. The Morgan fingerprint density at radius 3 is 1.53 bits per heavy atom. The van der Waals surface area contributed by atoms with Gasteiger partial charge >= 0.3 is 5.97 Å². The molecule has 0 aromatic rings. The highest BCUT2D eigenvalue weighted by Crippen LogP contribution is 2.23. The smallest absolute Gasteiger partial charge is 0.306 e. The van der Waals surface area contributed by atoms with Gasteiger partial charge in [0, 0.05) is 6.42 Å². The predicted molar refractivity (Wildman–Crippen MR) is 133 cm³/mol. The Labute approximate surface area is 190 Å². The molecule has 180 valence electrons. The van der Waals surface area contributed by atoms with Crippen LogP contribution in [0.3, 0.4) is 0 Å². The molecule has 0 amide bonds. The molecule has 0 aliphatic rings. The molecule has 0 rings (SSSR count). The van der Waals surface area contributed by atoms with Crippen molar-refractivity contribution < 1.29 is 9.53 Å². The summed E-state index contributed by atoms with van der Waals surface area (Å²) in [6, 6.07) is 0. The van der Waals surface area contributed by atoms with Gasteiger partial charge in [-0.1, -0.05) is 118 Å². The van der Waals surface area contributed by atoms with Crippen molar-refractivity contribution in [1.82, 2.24) is 0 Å². The van der Waals surface area contributed by atoms with E-state index < -0.39 is 0 Å². The maximum Gasteiger partial charge on any atom is 0.306 e. The summed E-state index contributed by atoms with van der Waals surface area (Å²) in [5.41, 5.74) is 0.402. The van der Waals surface area contributed by atoms with E-state index in [0.29, 0.717) is 11.8 Å². The quantitative estimate of drug-likeness (QED) is 0.135. The van der Waals surface area contributed by atoms with Crippen LogP contribution in [0.15, 0.2) is 0 Å². The molecule has 1 unspecified atom stereocenters. The molecule has 0 aliphatic carbocycles. The summed E-state index contributed by atoms with van der Waals surface area (Å²) in [5, 5.41) is 0. The zero-order chi connectivity index (χ0) is 22.5. The van der Waals surface area contributed by atoms with Crippen LogP contribution in [0.1, 0.15) is 163 Å². The first-order valence-electron chi connectivity index (χ1n) is 13.6. The van der Waals surface area contributed by atoms with Gasteiger partial charge in [0.2, 0.25) is 0 Å². The molecule has 0 fully saturated rings. The lowest BCUT2D eigenvalue weighted by Crippen LogP contribution is -2.18. The predicted octanol–water partition coefficient (Wildman–Crippen LogP) is 9.79. The second-order valence-corrected chi connectivity index (χ2v) is 10.7. The van der Waals surface area contributed by atoms with Crippen LogP contribution < -0.4 is 0 Å². The van der Waals surface area contributed by atoms with Gasteiger partial charge in [0.05, 0.1) is 0 Å². The van der Waals surface area contributed by atoms with Crippen molar-refractivity contribution in [2.24, 2.45) is 5.41 Å². The number of esters is 1. The summed E-state index contributed by atoms with van der Waals surface area (Å²) in [7, 11) is 0. The number of rotatable bonds is 21. The molecule has 2 heteroatoms. The van der Waals surface area contributed by atoms with Crippen molar-refractivity contribution in [2.75, 3.05) is 0 Å². The number of carbonyl (C=O) groups excluding carboxylic acids is 1. The van der Waals surface area contributed by atoms with E-state index in [-0.39, 0.29) is 12.1 Å². The second kappa shape index (κ2) is 20.4. The van der Waals surface area contributed by atoms with Crippen molar-refractivity contribution in [2.45, 2.75) is 169 Å². The van der Waals surface area contributed by atoms with Crippen molar-refractivity contribution in [1.29, 1.82) is 0 Å². The van der Waals surface area contributed by atoms with Gasteiger partial charge in [-0.25, -0.2) is 0 Å². The number of hydrogen-bond donors (Lipinski definition) is 0. The molecular formula is C28H56O2. The third-order valence-corrected chi connectivity index (χ3v) is 6.12. The highest BCUT2D eigenvalue weighted by atomic mass is 16.5. The number of hydrogen-bond acceptors (Lipinski definition) is 2. The van der Waals surface area contributed by atoms with Crippen LogP contribution in [0.2, 0.25) is 0 Å². The fraction of sp³-hybridized carbons (Fsp3) is 0.964. The monoisotopic (exact) mass is 424 g/mol. The van der Waals surface area contributed by atoms with Gasteiger partial charge in [-0.3, -0.25) is 4.79 Å². The lowest BCUT2D eigenvalue weighted by Gasteiger charge is -2.19. The summed E-state index contributed by atoms with van der Waals surface area (Å²) in [6.45, 7) is 11.4. The third kappa shape index (κ3) is 22.2. The van der Waals surface area contributed by atoms with E-state index in [4.69, 9.17) is 4.74 Å². The fourth-order valence-corrected chi connectivity index (χ4v) is 4.09. The summed E-state index contributed by atoms with van der Waals surface area (Å²) < 4.78 is 5.93. The zero-order valence-corrected chi connectivity index (χ0v) is 21.5. The number of unbranched alkanes of at least 4 members (excludes halogenated alkanes) is 13. The van der Waals surface area contributed by atoms with Crippen LogP contribution in [0, 0.1) is 5.41 Å². The van der Waals surface area contributed by atoms with E-state index in [9.17, 15) is 4.79 Å². The fourth-order valence-electron chi connectivity index (χ4n) is 4.09. The Kier molecular flexibility index (Phi) is 20.0. The Morgan fingerprint density at radius 1 is 0.633 bits per heavy atom. The highest BCUT2D eigenvalue weighted by Gasteiger charge is 2.15. The largest absolute Gasteiger partial charge is 0.462 e. The van der Waals surface area contributed by atoms with Crippen molar-refractivity contribution >= 4 is 5.97 Å². The van der Waals surface area contributed by atoms with E-state index in [1.807, 2.05) is 0 Å². The summed E-state index contributed by atoms with van der Waals surface area (Å²) in [6.07, 6.45) is 24.6. The molecule has 2 nitrogen and oxygen atoms in total. The molecular weight excluding hydrogens is 368 g/mol. The minimum absolute atomic E-state index is 0.0460. The Balaban J connectivity index is 4.08. The van der Waals surface area contributed by atoms with Crippen LogP contribution in [0.25, 0.3) is 0 Å². The minimum Gasteiger partial charge on any atom is -0.462 e. The standard InChI is InChI=1S/C28H56O2/c1-6-8-10-12-14-16-19-23-26(22-18-15-13-11-9-7-2)30-27(29)24-20-17-21-25-28(3,4)5/h26H,6-25H2,1-5H3. The van der Waals surface area contributed by atoms with Gasteiger partial charge in [0.25, 0.3) is 0 Å². The lowest BCUT2D eigenvalue weighted by molar-refractivity contribution is -0.150. The van der Waals surface area contributed by atoms with Gasteiger partial charge in [-0.15, -0.1) is 0 Å². The molecule has 0 bridgehead atoms. The molecule has 0 saturated heterocycles. The zero-order valence-electron chi connectivity index (χ0n) is 21.5. The van der Waals surface area contributed by atoms with Crippen molar-refractivity contribution in [3.8, 4) is 0 Å². The molecule has 0 radical (unpaired) electrons. The molecule has 0 heterocycles. The molecule has 0 N–H and O–H groups in total. The Hall–Kier alpha value is -0.530. The van der Waals surface area contributed by atoms with E-state index in [2.05, 4.69) is 34.6 Å². The van der Waals surface area contributed by atoms with Crippen LogP contribution >= 0.6 is 0 Å². The van der Waals surface area contributed by atoms with Crippen LogP contribution in [-0.4, -0.2) is 12.1 Å². The van der Waals surface area contributed by atoms with Crippen molar-refractivity contribution in [3.05, 3.63) is 0 Å². The van der Waals surface area contributed by atoms with E-state index in [0.717, 1.165) is 25.7 Å². The Morgan fingerprint density at radius 2 is 1.07 bits per heavy atom. The SMILES string of the molecule is CCCCCCCCCC(CCCCCCCC)OC(=O)CCCCCC(C)(C)C. The maximum absolute atomic E-state index is 12.4. The average molecular weight is 425 g/mol. The molecule has 1 atom stereocenters. The topological polar surface area (TPSA) is 26.3 Å². The Bertz CT molecular complexity index is 369. The highest BCUT2D eigenvalue weighted by molar-refractivity contribution is 5.69. The average Bonchev–Trinajstić information content (AvgIpc) is 2.68. The first kappa shape index (κ1) is 29.5. The van der Waals surface area contributed by atoms with Crippen LogP contribution in [-0.2, 0) is 9.53 Å². The normalized spacial score (nSPS) is 12.8. The van der Waals surface area contributed by atoms with Gasteiger partial charge in [0.15, 0.2) is 0 Å². The van der Waals surface area contributed by atoms with Crippen LogP contribution in [0.5, 0.6) is 0 Å². The summed E-state index contributed by atoms with van der Waals surface area (Å²) in [5.74, 6) is 0.0460. The van der Waals surface area contributed by atoms with Gasteiger partial charge in [-0.05, 0) is 43.9 Å². The van der Waals surface area contributed by atoms with Gasteiger partial charge in [-0.2, -0.15) is 0 Å². The molecule has 30 heavy (non-hydrogen) atoms. The molecule has 0 saturated carbocycles. The summed E-state index contributed by atoms with van der Waals surface area (Å²) >= 11 is 0. The first-order chi connectivity index (χ1) is 14.4. The summed E-state index contributed by atoms with van der Waals surface area (Å²) in [4.78, 5) is 12.4. The van der Waals surface area contributed by atoms with Gasteiger partial charge in [0.1, 0.15) is 6.10 Å². The molecule has 0 spiro atoms. The van der Waals surface area contributed by atoms with Gasteiger partial charge < -0.3 is 4.74 Å². The van der Waals surface area contributed by atoms with E-state index in [1.165, 1.54) is 96.3 Å². The van der Waals surface area contributed by atoms with Crippen LogP contribution in [0.4, 0.5) is 0 Å². The molecule has 0 aliphatic heterocycles. The maximum atomic E-state index is 12.4. The third-order valence-electron chi connectivity index (χ3n) is 6.12. The number of carbonyl (C=O) groups is 1. The van der Waals surface area contributed by atoms with E-state index >= 15 is 0 Å². The van der Waals surface area contributed by atoms with E-state index in [1.54, 1.807) is 0 Å². The molecule has 0 aromatic heterocycles. The first-order valence-corrected chi connectivity index (χ1v) is 13.6.